The summed E-state index contributed by atoms with van der Waals surface area (Å²) < 4.78 is 0. The number of aromatic nitrogens is 2. The standard InChI is InChI=1S/C13H20ClN3O/c1-8-9(2)16-13(12(14)15-8)17-10-6-4-3-5-7-11(10)18/h10-11,18H,3-7H2,1-2H3,(H,16,17). The number of nitrogens with zero attached hydrogens (tertiary/aromatic N) is 2. The van der Waals surface area contributed by atoms with E-state index in [1.165, 1.54) is 6.42 Å². The summed E-state index contributed by atoms with van der Waals surface area (Å²) in [7, 11) is 0. The zero-order chi connectivity index (χ0) is 13.1. The van der Waals surface area contributed by atoms with Crippen LogP contribution in [0.15, 0.2) is 0 Å². The van der Waals surface area contributed by atoms with Crippen molar-refractivity contribution in [1.29, 1.82) is 0 Å². The lowest BCUT2D eigenvalue weighted by atomic mass is 10.1. The normalized spacial score (nSPS) is 24.7. The van der Waals surface area contributed by atoms with Crippen molar-refractivity contribution >= 4 is 17.4 Å². The summed E-state index contributed by atoms with van der Waals surface area (Å²) in [6.45, 7) is 3.80. The van der Waals surface area contributed by atoms with E-state index in [9.17, 15) is 5.11 Å². The molecule has 2 atom stereocenters. The third-order valence-corrected chi connectivity index (χ3v) is 3.83. The Morgan fingerprint density at radius 1 is 1.11 bits per heavy atom. The summed E-state index contributed by atoms with van der Waals surface area (Å²) in [4.78, 5) is 8.66. The van der Waals surface area contributed by atoms with E-state index in [0.29, 0.717) is 11.0 Å². The third-order valence-electron chi connectivity index (χ3n) is 3.57. The van der Waals surface area contributed by atoms with Crippen LogP contribution in [-0.2, 0) is 0 Å². The maximum atomic E-state index is 10.1. The molecule has 2 N–H and O–H groups in total. The van der Waals surface area contributed by atoms with Gasteiger partial charge in [0.15, 0.2) is 11.0 Å². The summed E-state index contributed by atoms with van der Waals surface area (Å²) in [5.41, 5.74) is 1.71. The first-order valence-electron chi connectivity index (χ1n) is 6.53. The lowest BCUT2D eigenvalue weighted by molar-refractivity contribution is 0.144. The third kappa shape index (κ3) is 3.12. The molecule has 0 aromatic carbocycles. The Labute approximate surface area is 113 Å². The van der Waals surface area contributed by atoms with Crippen molar-refractivity contribution in [2.24, 2.45) is 0 Å². The number of aryl methyl sites for hydroxylation is 2. The van der Waals surface area contributed by atoms with E-state index in [-0.39, 0.29) is 12.1 Å². The van der Waals surface area contributed by atoms with Crippen molar-refractivity contribution in [2.75, 3.05) is 5.32 Å². The highest BCUT2D eigenvalue weighted by atomic mass is 35.5. The molecule has 2 unspecified atom stereocenters. The smallest absolute Gasteiger partial charge is 0.171 e. The monoisotopic (exact) mass is 269 g/mol. The first-order valence-corrected chi connectivity index (χ1v) is 6.91. The zero-order valence-electron chi connectivity index (χ0n) is 10.9. The molecule has 5 heteroatoms. The largest absolute Gasteiger partial charge is 0.391 e. The molecule has 1 aromatic rings. The highest BCUT2D eigenvalue weighted by Crippen LogP contribution is 2.24. The van der Waals surface area contributed by atoms with E-state index in [0.717, 1.165) is 37.1 Å². The lowest BCUT2D eigenvalue weighted by Gasteiger charge is -2.22. The molecular formula is C13H20ClN3O. The second-order valence-electron chi connectivity index (χ2n) is 4.99. The van der Waals surface area contributed by atoms with E-state index in [1.54, 1.807) is 0 Å². The Bertz CT molecular complexity index is 425. The molecule has 1 aliphatic rings. The summed E-state index contributed by atoms with van der Waals surface area (Å²) in [5.74, 6) is 0.589. The van der Waals surface area contributed by atoms with Gasteiger partial charge in [-0.05, 0) is 26.7 Å². The Hall–Kier alpha value is -0.870. The van der Waals surface area contributed by atoms with E-state index in [4.69, 9.17) is 11.6 Å². The predicted octanol–water partition coefficient (Wildman–Crippen LogP) is 2.85. The minimum absolute atomic E-state index is 0.0291. The average molecular weight is 270 g/mol. The Morgan fingerprint density at radius 2 is 1.78 bits per heavy atom. The summed E-state index contributed by atoms with van der Waals surface area (Å²) in [5, 5.41) is 13.7. The maximum Gasteiger partial charge on any atom is 0.171 e. The van der Waals surface area contributed by atoms with Gasteiger partial charge in [-0.25, -0.2) is 9.97 Å². The SMILES string of the molecule is Cc1nc(Cl)c(NC2CCCCCC2O)nc1C. The lowest BCUT2D eigenvalue weighted by Crippen LogP contribution is -2.33. The van der Waals surface area contributed by atoms with Crippen molar-refractivity contribution in [3.63, 3.8) is 0 Å². The van der Waals surface area contributed by atoms with Crippen LogP contribution in [0.25, 0.3) is 0 Å². The first-order chi connectivity index (χ1) is 8.58. The van der Waals surface area contributed by atoms with Crippen LogP contribution in [0.5, 0.6) is 0 Å². The van der Waals surface area contributed by atoms with Gasteiger partial charge in [0.25, 0.3) is 0 Å². The zero-order valence-corrected chi connectivity index (χ0v) is 11.7. The number of aliphatic hydroxyl groups is 1. The molecule has 2 rings (SSSR count). The van der Waals surface area contributed by atoms with Gasteiger partial charge in [-0.3, -0.25) is 0 Å². The fourth-order valence-electron chi connectivity index (χ4n) is 2.30. The van der Waals surface area contributed by atoms with Crippen molar-refractivity contribution in [3.8, 4) is 0 Å². The Balaban J connectivity index is 2.14. The van der Waals surface area contributed by atoms with Crippen LogP contribution in [0.4, 0.5) is 5.82 Å². The fraction of sp³-hybridized carbons (Fsp3) is 0.692. The molecule has 0 saturated heterocycles. The van der Waals surface area contributed by atoms with Crippen LogP contribution < -0.4 is 5.32 Å². The summed E-state index contributed by atoms with van der Waals surface area (Å²) in [6.07, 6.45) is 4.87. The van der Waals surface area contributed by atoms with Crippen molar-refractivity contribution in [1.82, 2.24) is 9.97 Å². The van der Waals surface area contributed by atoms with E-state index < -0.39 is 0 Å². The predicted molar refractivity (Wildman–Crippen MR) is 73.0 cm³/mol. The van der Waals surface area contributed by atoms with E-state index in [1.807, 2.05) is 13.8 Å². The van der Waals surface area contributed by atoms with Crippen LogP contribution in [0.2, 0.25) is 5.15 Å². The molecule has 1 aliphatic carbocycles. The van der Waals surface area contributed by atoms with Crippen molar-refractivity contribution in [2.45, 2.75) is 58.1 Å². The quantitative estimate of drug-likeness (QED) is 0.811. The van der Waals surface area contributed by atoms with Gasteiger partial charge in [-0.2, -0.15) is 0 Å². The number of halogens is 1. The van der Waals surface area contributed by atoms with Gasteiger partial charge in [0.05, 0.1) is 23.5 Å². The number of aliphatic hydroxyl groups excluding tert-OH is 1. The van der Waals surface area contributed by atoms with Crippen molar-refractivity contribution in [3.05, 3.63) is 16.5 Å². The molecule has 0 radical (unpaired) electrons. The summed E-state index contributed by atoms with van der Waals surface area (Å²) in [6, 6.07) is 0.0291. The molecule has 1 heterocycles. The Kier molecular flexibility index (Phi) is 4.40. The number of rotatable bonds is 2. The molecule has 0 spiro atoms. The summed E-state index contributed by atoms with van der Waals surface area (Å²) >= 11 is 6.09. The first kappa shape index (κ1) is 13.6. The maximum absolute atomic E-state index is 10.1. The number of nitrogens with one attached hydrogen (secondary N) is 1. The highest BCUT2D eigenvalue weighted by molar-refractivity contribution is 6.31. The second kappa shape index (κ2) is 5.85. The molecule has 0 amide bonds. The van der Waals surface area contributed by atoms with Gasteiger partial charge in [-0.15, -0.1) is 0 Å². The molecule has 0 aliphatic heterocycles. The van der Waals surface area contributed by atoms with Gasteiger partial charge in [-0.1, -0.05) is 30.9 Å². The minimum atomic E-state index is -0.327. The molecule has 18 heavy (non-hydrogen) atoms. The fourth-order valence-corrected chi connectivity index (χ4v) is 2.52. The molecular weight excluding hydrogens is 250 g/mol. The topological polar surface area (TPSA) is 58.0 Å². The van der Waals surface area contributed by atoms with Gasteiger partial charge < -0.3 is 10.4 Å². The van der Waals surface area contributed by atoms with E-state index >= 15 is 0 Å². The molecule has 1 aromatic heterocycles. The molecule has 100 valence electrons. The van der Waals surface area contributed by atoms with Gasteiger partial charge in [0.1, 0.15) is 0 Å². The molecule has 4 nitrogen and oxygen atoms in total. The van der Waals surface area contributed by atoms with Crippen LogP contribution in [-0.4, -0.2) is 27.2 Å². The van der Waals surface area contributed by atoms with Gasteiger partial charge in [0.2, 0.25) is 0 Å². The second-order valence-corrected chi connectivity index (χ2v) is 5.35. The number of hydrogen-bond acceptors (Lipinski definition) is 4. The average Bonchev–Trinajstić information content (AvgIpc) is 2.52. The highest BCUT2D eigenvalue weighted by Gasteiger charge is 2.23. The number of anilines is 1. The van der Waals surface area contributed by atoms with Gasteiger partial charge in [0, 0.05) is 0 Å². The number of hydrogen-bond donors (Lipinski definition) is 2. The minimum Gasteiger partial charge on any atom is -0.391 e. The van der Waals surface area contributed by atoms with E-state index in [2.05, 4.69) is 15.3 Å². The van der Waals surface area contributed by atoms with Crippen LogP contribution in [0.1, 0.15) is 43.5 Å². The van der Waals surface area contributed by atoms with Crippen LogP contribution in [0, 0.1) is 13.8 Å². The van der Waals surface area contributed by atoms with Crippen LogP contribution >= 0.6 is 11.6 Å². The Morgan fingerprint density at radius 3 is 2.56 bits per heavy atom. The molecule has 1 fully saturated rings. The van der Waals surface area contributed by atoms with Gasteiger partial charge >= 0.3 is 0 Å². The van der Waals surface area contributed by atoms with Crippen LogP contribution in [0.3, 0.4) is 0 Å². The molecule has 1 saturated carbocycles. The van der Waals surface area contributed by atoms with Crippen molar-refractivity contribution < 1.29 is 5.11 Å². The molecule has 0 bridgehead atoms.